The van der Waals surface area contributed by atoms with Gasteiger partial charge in [-0.05, 0) is 88.0 Å². The normalized spacial score (nSPS) is 11.7. The minimum Gasteiger partial charge on any atom is -0.278 e. The molecule has 0 aliphatic rings. The molecule has 81 heavy (non-hydrogen) atoms. The lowest BCUT2D eigenvalue weighted by molar-refractivity contribution is 0.953. The van der Waals surface area contributed by atoms with Gasteiger partial charge < -0.3 is 0 Å². The Morgan fingerprint density at radius 1 is 0.210 bits per heavy atom. The summed E-state index contributed by atoms with van der Waals surface area (Å²) in [6, 6.07) is 119. The number of hydrogen-bond donors (Lipinski definition) is 0. The summed E-state index contributed by atoms with van der Waals surface area (Å²) in [5, 5.41) is 12.7. The Morgan fingerprint density at radius 3 is 0.741 bits per heavy atom. The van der Waals surface area contributed by atoms with Gasteiger partial charge in [0, 0.05) is 21.9 Å². The van der Waals surface area contributed by atoms with Gasteiger partial charge in [0.2, 0.25) is 5.95 Å². The molecule has 0 N–H and O–H groups in total. The van der Waals surface area contributed by atoms with Gasteiger partial charge >= 0.3 is 0 Å². The molecule has 0 unspecified atom stereocenters. The van der Waals surface area contributed by atoms with Crippen molar-refractivity contribution in [2.75, 3.05) is 0 Å². The van der Waals surface area contributed by atoms with Crippen LogP contribution in [-0.4, -0.2) is 35.7 Å². The average Bonchev–Trinajstić information content (AvgIpc) is 4.12. The molecule has 14 rings (SSSR count). The van der Waals surface area contributed by atoms with E-state index in [1.165, 1.54) is 41.5 Å². The summed E-state index contributed by atoms with van der Waals surface area (Å²) in [5.74, 6) is 1.73. The van der Waals surface area contributed by atoms with Crippen molar-refractivity contribution in [1.82, 2.24) is 19.5 Å². The Morgan fingerprint density at radius 2 is 0.457 bits per heavy atom. The molecular formula is C75H54N4Si2. The zero-order valence-electron chi connectivity index (χ0n) is 44.5. The molecule has 0 amide bonds. The van der Waals surface area contributed by atoms with Crippen LogP contribution in [0.5, 0.6) is 0 Å². The quantitative estimate of drug-likeness (QED) is 0.0854. The van der Waals surface area contributed by atoms with Crippen LogP contribution in [0.1, 0.15) is 0 Å². The Hall–Kier alpha value is -10.1. The first-order valence-corrected chi connectivity index (χ1v) is 31.7. The van der Waals surface area contributed by atoms with Gasteiger partial charge in [0.25, 0.3) is 0 Å². The van der Waals surface area contributed by atoms with Gasteiger partial charge in [-0.2, -0.15) is 9.97 Å². The van der Waals surface area contributed by atoms with E-state index in [9.17, 15) is 0 Å². The maximum atomic E-state index is 5.53. The number of hydrogen-bond acceptors (Lipinski definition) is 3. The van der Waals surface area contributed by atoms with Crippen LogP contribution in [0.3, 0.4) is 0 Å². The van der Waals surface area contributed by atoms with Crippen molar-refractivity contribution in [2.24, 2.45) is 0 Å². The summed E-state index contributed by atoms with van der Waals surface area (Å²) < 4.78 is 2.24. The zero-order chi connectivity index (χ0) is 54.0. The van der Waals surface area contributed by atoms with Gasteiger partial charge in [-0.3, -0.25) is 4.57 Å². The maximum Gasteiger partial charge on any atom is 0.238 e. The van der Waals surface area contributed by atoms with Crippen molar-refractivity contribution in [3.05, 3.63) is 328 Å². The van der Waals surface area contributed by atoms with Gasteiger partial charge in [0.05, 0.1) is 11.0 Å². The number of rotatable bonds is 13. The van der Waals surface area contributed by atoms with Crippen molar-refractivity contribution < 1.29 is 0 Å². The van der Waals surface area contributed by atoms with E-state index in [2.05, 4.69) is 332 Å². The van der Waals surface area contributed by atoms with Crippen molar-refractivity contribution in [3.63, 3.8) is 0 Å². The third-order valence-corrected chi connectivity index (χ3v) is 25.8. The Bertz CT molecular complexity index is 3970. The van der Waals surface area contributed by atoms with Crippen molar-refractivity contribution in [3.8, 4) is 51.0 Å². The molecule has 0 fully saturated rings. The fourth-order valence-electron chi connectivity index (χ4n) is 12.4. The molecule has 0 bridgehead atoms. The third-order valence-electron chi connectivity index (χ3n) is 16.2. The Labute approximate surface area is 474 Å². The molecule has 382 valence electrons. The van der Waals surface area contributed by atoms with E-state index in [4.69, 9.17) is 15.0 Å². The molecule has 2 aromatic heterocycles. The van der Waals surface area contributed by atoms with Crippen LogP contribution >= 0.6 is 0 Å². The second kappa shape index (κ2) is 21.3. The topological polar surface area (TPSA) is 43.6 Å². The van der Waals surface area contributed by atoms with E-state index in [-0.39, 0.29) is 0 Å². The van der Waals surface area contributed by atoms with Gasteiger partial charge in [0.1, 0.15) is 0 Å². The van der Waals surface area contributed by atoms with Gasteiger partial charge in [0.15, 0.2) is 27.8 Å². The average molecular weight is 1070 g/mol. The molecule has 0 aliphatic carbocycles. The standard InChI is InChI=1S/C75H54N4Si2/c1-9-25-55(26-10-1)59-45-51-71-69(53-59)70-54-60(56-27-11-2-12-28-56)46-52-72(70)79(71)75-77-73(57-41-47-67(48-42-57)80(61-29-13-3-14-30-61,62-31-15-4-16-32-62)63-33-17-5-18-34-63)76-74(78-75)58-43-49-68(50-44-58)81(64-35-19-6-20-36-64,65-37-21-7-22-38-65)66-39-23-8-24-40-66/h1-54H. The van der Waals surface area contributed by atoms with Gasteiger partial charge in [-0.1, -0.05) is 303 Å². The minimum atomic E-state index is -2.81. The van der Waals surface area contributed by atoms with Crippen LogP contribution in [0.4, 0.5) is 0 Å². The number of aromatic nitrogens is 4. The lowest BCUT2D eigenvalue weighted by atomic mass is 10.0. The summed E-state index contributed by atoms with van der Waals surface area (Å²) in [6.07, 6.45) is 0. The highest BCUT2D eigenvalue weighted by molar-refractivity contribution is 7.20. The van der Waals surface area contributed by atoms with Crippen LogP contribution in [0.2, 0.25) is 0 Å². The molecule has 0 radical (unpaired) electrons. The molecule has 0 aliphatic heterocycles. The number of fused-ring (bicyclic) bond motifs is 3. The summed E-state index contributed by atoms with van der Waals surface area (Å²) in [7, 11) is -5.62. The van der Waals surface area contributed by atoms with Crippen molar-refractivity contribution in [2.45, 2.75) is 0 Å². The second-order valence-electron chi connectivity index (χ2n) is 20.7. The molecule has 12 aromatic carbocycles. The predicted octanol–water partition coefficient (Wildman–Crippen LogP) is 12.4. The van der Waals surface area contributed by atoms with Crippen LogP contribution in [-0.2, 0) is 0 Å². The lowest BCUT2D eigenvalue weighted by Gasteiger charge is -2.34. The van der Waals surface area contributed by atoms with Crippen LogP contribution < -0.4 is 41.5 Å². The summed E-state index contributed by atoms with van der Waals surface area (Å²) >= 11 is 0. The summed E-state index contributed by atoms with van der Waals surface area (Å²) in [5.41, 5.74) is 8.44. The zero-order valence-corrected chi connectivity index (χ0v) is 46.5. The molecule has 0 spiro atoms. The summed E-state index contributed by atoms with van der Waals surface area (Å²) in [6.45, 7) is 0. The van der Waals surface area contributed by atoms with E-state index >= 15 is 0 Å². The van der Waals surface area contributed by atoms with Crippen molar-refractivity contribution >= 4 is 79.4 Å². The van der Waals surface area contributed by atoms with Gasteiger partial charge in [-0.15, -0.1) is 0 Å². The molecule has 0 atom stereocenters. The molecule has 14 aromatic rings. The fraction of sp³-hybridized carbons (Fsp3) is 0. The van der Waals surface area contributed by atoms with Crippen molar-refractivity contribution in [1.29, 1.82) is 0 Å². The minimum absolute atomic E-state index is 0.547. The van der Waals surface area contributed by atoms with Gasteiger partial charge in [-0.25, -0.2) is 4.98 Å². The maximum absolute atomic E-state index is 5.53. The van der Waals surface area contributed by atoms with Crippen LogP contribution in [0, 0.1) is 0 Å². The Balaban J connectivity index is 0.987. The molecule has 6 heteroatoms. The molecule has 4 nitrogen and oxygen atoms in total. The highest BCUT2D eigenvalue weighted by Gasteiger charge is 2.42. The second-order valence-corrected chi connectivity index (χ2v) is 28.3. The first-order valence-electron chi connectivity index (χ1n) is 27.7. The largest absolute Gasteiger partial charge is 0.278 e. The molecular weight excluding hydrogens is 1010 g/mol. The first-order chi connectivity index (χ1) is 40.2. The highest BCUT2D eigenvalue weighted by atomic mass is 28.3. The van der Waals surface area contributed by atoms with E-state index in [0.29, 0.717) is 17.6 Å². The monoisotopic (exact) mass is 1070 g/mol. The molecule has 0 saturated heterocycles. The number of nitrogens with zero attached hydrogens (tertiary/aromatic N) is 4. The number of benzene rings is 12. The predicted molar refractivity (Wildman–Crippen MR) is 343 cm³/mol. The van der Waals surface area contributed by atoms with E-state index in [1.54, 1.807) is 0 Å². The molecule has 0 saturated carbocycles. The third kappa shape index (κ3) is 8.75. The smallest absolute Gasteiger partial charge is 0.238 e. The first kappa shape index (κ1) is 49.2. The molecule has 2 heterocycles. The lowest BCUT2D eigenvalue weighted by Crippen LogP contribution is -2.74. The highest BCUT2D eigenvalue weighted by Crippen LogP contribution is 2.37. The summed E-state index contributed by atoms with van der Waals surface area (Å²) in [4.78, 5) is 16.5. The van der Waals surface area contributed by atoms with E-state index < -0.39 is 16.1 Å². The van der Waals surface area contributed by atoms with E-state index in [1.807, 2.05) is 0 Å². The van der Waals surface area contributed by atoms with E-state index in [0.717, 1.165) is 55.2 Å². The fourth-order valence-corrected chi connectivity index (χ4v) is 21.9. The van der Waals surface area contributed by atoms with Crippen LogP contribution in [0.15, 0.2) is 328 Å². The SMILES string of the molecule is c1ccc(-c2ccc3c(c2)c2cc(-c4ccccc4)ccc2n3-c2nc(-c3ccc([Si](c4ccccc4)(c4ccccc4)c4ccccc4)cc3)nc(-c3ccc([Si](c4ccccc4)(c4ccccc4)c4ccccc4)cc3)n2)cc1. The van der Waals surface area contributed by atoms with Crippen LogP contribution in [0.25, 0.3) is 72.8 Å². The Kier molecular flexibility index (Phi) is 12.9.